The van der Waals surface area contributed by atoms with Crippen LogP contribution in [-0.2, 0) is 10.8 Å². The molecular weight excluding hydrogens is 797 g/mol. The quantitative estimate of drug-likeness (QED) is 0.166. The molecule has 4 heteroatoms. The van der Waals surface area contributed by atoms with Gasteiger partial charge in [-0.25, -0.2) is 0 Å². The molecule has 0 atom stereocenters. The molecule has 0 bridgehead atoms. The van der Waals surface area contributed by atoms with Crippen molar-refractivity contribution >= 4 is 87.6 Å². The molecule has 0 N–H and O–H groups in total. The van der Waals surface area contributed by atoms with E-state index in [0.29, 0.717) is 0 Å². The Morgan fingerprint density at radius 2 is 0.859 bits per heavy atom. The Labute approximate surface area is 377 Å². The highest BCUT2D eigenvalue weighted by Crippen LogP contribution is 2.54. The molecule has 0 saturated carbocycles. The lowest BCUT2D eigenvalue weighted by molar-refractivity contribution is 0.660. The number of hydrogen-bond donors (Lipinski definition) is 0. The third kappa shape index (κ3) is 5.33. The van der Waals surface area contributed by atoms with Crippen molar-refractivity contribution in [2.24, 2.45) is 0 Å². The monoisotopic (exact) mass is 840 g/mol. The molecule has 306 valence electrons. The number of thiophene rings is 1. The van der Waals surface area contributed by atoms with E-state index in [9.17, 15) is 0 Å². The number of benzene rings is 9. The largest absolute Gasteiger partial charge is 0.456 e. The molecule has 0 fully saturated rings. The molecule has 0 unspecified atom stereocenters. The Hall–Kier alpha value is -7.40. The lowest BCUT2D eigenvalue weighted by Gasteiger charge is -2.31. The highest BCUT2D eigenvalue weighted by molar-refractivity contribution is 7.25. The second-order valence-corrected chi connectivity index (χ2v) is 19.6. The van der Waals surface area contributed by atoms with Crippen molar-refractivity contribution in [3.05, 3.63) is 216 Å². The highest BCUT2D eigenvalue weighted by atomic mass is 32.1. The summed E-state index contributed by atoms with van der Waals surface area (Å²) in [6.45, 7) is 9.45. The zero-order valence-corrected chi connectivity index (χ0v) is 37.0. The van der Waals surface area contributed by atoms with E-state index in [2.05, 4.69) is 232 Å². The summed E-state index contributed by atoms with van der Waals surface area (Å²) in [4.78, 5) is 4.91. The van der Waals surface area contributed by atoms with Crippen LogP contribution in [0.4, 0.5) is 34.1 Å². The fourth-order valence-electron chi connectivity index (χ4n) is 11.1. The predicted molar refractivity (Wildman–Crippen MR) is 271 cm³/mol. The van der Waals surface area contributed by atoms with E-state index < -0.39 is 0 Å². The Morgan fingerprint density at radius 1 is 0.359 bits per heavy atom. The van der Waals surface area contributed by atoms with Gasteiger partial charge in [0.15, 0.2) is 0 Å². The molecule has 0 amide bonds. The number of para-hydroxylation sites is 1. The van der Waals surface area contributed by atoms with Crippen LogP contribution >= 0.6 is 11.3 Å². The SMILES string of the molecule is CC1(C)c2ccccc2-c2ccc(N(c3cccc(N(c4ccc5c(c4)C(C)(C)c4ccccc4-5)c4cccc5oc6ccccc6c45)c3)c3ccc4c(c3)sc3ccccc34)cc21. The van der Waals surface area contributed by atoms with Gasteiger partial charge >= 0.3 is 0 Å². The fourth-order valence-corrected chi connectivity index (χ4v) is 12.2. The Morgan fingerprint density at radius 3 is 1.58 bits per heavy atom. The average molecular weight is 841 g/mol. The molecule has 9 aromatic carbocycles. The summed E-state index contributed by atoms with van der Waals surface area (Å²) in [6, 6.07) is 71.7. The number of hydrogen-bond acceptors (Lipinski definition) is 4. The smallest absolute Gasteiger partial charge is 0.137 e. The molecule has 2 aliphatic carbocycles. The van der Waals surface area contributed by atoms with Gasteiger partial charge in [0.05, 0.1) is 11.1 Å². The number of anilines is 6. The summed E-state index contributed by atoms with van der Waals surface area (Å²) in [7, 11) is 0. The van der Waals surface area contributed by atoms with E-state index in [0.717, 1.165) is 56.1 Å². The fraction of sp³-hybridized carbons (Fsp3) is 0.100. The van der Waals surface area contributed by atoms with Gasteiger partial charge in [0, 0.05) is 64.8 Å². The minimum atomic E-state index is -0.160. The molecule has 2 aromatic heterocycles. The van der Waals surface area contributed by atoms with E-state index >= 15 is 0 Å². The van der Waals surface area contributed by atoms with Crippen LogP contribution in [-0.4, -0.2) is 0 Å². The summed E-state index contributed by atoms with van der Waals surface area (Å²) in [6.07, 6.45) is 0. The van der Waals surface area contributed by atoms with Crippen molar-refractivity contribution in [1.82, 2.24) is 0 Å². The van der Waals surface area contributed by atoms with Crippen LogP contribution in [0.25, 0.3) is 64.4 Å². The Bertz CT molecular complexity index is 3720. The molecular formula is C60H44N2OS. The van der Waals surface area contributed by atoms with Crippen LogP contribution < -0.4 is 9.80 Å². The molecule has 2 heterocycles. The van der Waals surface area contributed by atoms with Crippen LogP contribution in [0.1, 0.15) is 49.9 Å². The van der Waals surface area contributed by atoms with Gasteiger partial charge in [0.2, 0.25) is 0 Å². The molecule has 0 spiro atoms. The summed E-state index contributed by atoms with van der Waals surface area (Å²) in [5.74, 6) is 0. The second kappa shape index (κ2) is 13.6. The van der Waals surface area contributed by atoms with Gasteiger partial charge in [-0.3, -0.25) is 0 Å². The van der Waals surface area contributed by atoms with Crippen molar-refractivity contribution in [2.45, 2.75) is 38.5 Å². The van der Waals surface area contributed by atoms with Crippen molar-refractivity contribution in [2.75, 3.05) is 9.80 Å². The lowest BCUT2D eigenvalue weighted by Crippen LogP contribution is -2.17. The van der Waals surface area contributed by atoms with E-state index in [4.69, 9.17) is 4.42 Å². The third-order valence-electron chi connectivity index (χ3n) is 14.2. The summed E-state index contributed by atoms with van der Waals surface area (Å²) in [5.41, 5.74) is 18.7. The predicted octanol–water partition coefficient (Wildman–Crippen LogP) is 17.5. The first-order valence-corrected chi connectivity index (χ1v) is 23.1. The number of nitrogens with zero attached hydrogens (tertiary/aromatic N) is 2. The molecule has 0 aliphatic heterocycles. The topological polar surface area (TPSA) is 19.6 Å². The number of rotatable bonds is 6. The van der Waals surface area contributed by atoms with Crippen LogP contribution in [0, 0.1) is 0 Å². The van der Waals surface area contributed by atoms with Crippen LogP contribution in [0.2, 0.25) is 0 Å². The van der Waals surface area contributed by atoms with Crippen molar-refractivity contribution in [3.8, 4) is 22.3 Å². The summed E-state index contributed by atoms with van der Waals surface area (Å²) < 4.78 is 9.12. The van der Waals surface area contributed by atoms with Gasteiger partial charge < -0.3 is 14.2 Å². The van der Waals surface area contributed by atoms with Crippen molar-refractivity contribution in [3.63, 3.8) is 0 Å². The minimum absolute atomic E-state index is 0.144. The maximum absolute atomic E-state index is 6.54. The molecule has 0 saturated heterocycles. The zero-order chi connectivity index (χ0) is 42.9. The number of fused-ring (bicyclic) bond motifs is 12. The molecule has 0 radical (unpaired) electrons. The average Bonchev–Trinajstić information content (AvgIpc) is 4.02. The summed E-state index contributed by atoms with van der Waals surface area (Å²) >= 11 is 1.86. The molecule has 13 rings (SSSR count). The van der Waals surface area contributed by atoms with Crippen molar-refractivity contribution < 1.29 is 4.42 Å². The summed E-state index contributed by atoms with van der Waals surface area (Å²) in [5, 5.41) is 4.79. The van der Waals surface area contributed by atoms with Gasteiger partial charge in [-0.05, 0) is 123 Å². The van der Waals surface area contributed by atoms with Crippen LogP contribution in [0.3, 0.4) is 0 Å². The molecule has 3 nitrogen and oxygen atoms in total. The van der Waals surface area contributed by atoms with Crippen molar-refractivity contribution in [1.29, 1.82) is 0 Å². The second-order valence-electron chi connectivity index (χ2n) is 18.5. The van der Waals surface area contributed by atoms with Gasteiger partial charge in [-0.1, -0.05) is 143 Å². The minimum Gasteiger partial charge on any atom is -0.456 e. The maximum Gasteiger partial charge on any atom is 0.137 e. The van der Waals surface area contributed by atoms with E-state index in [-0.39, 0.29) is 10.8 Å². The number of furan rings is 1. The lowest BCUT2D eigenvalue weighted by atomic mass is 9.82. The zero-order valence-electron chi connectivity index (χ0n) is 36.2. The standard InChI is InChI=1S/C60H44N2OS/c1-59(2)49-21-9-5-17-42(49)44-30-27-39(34-51(44)59)61(41-29-32-47-46-19-8-12-26-56(46)64-57(47)36-41)37-15-13-16-38(33-37)62(53-23-14-25-55-58(53)48-20-7-11-24-54(48)63-55)40-28-31-45-43-18-6-10-22-50(43)60(3,4)52(45)35-40/h5-36H,1-4H3. The third-order valence-corrected chi connectivity index (χ3v) is 15.4. The molecule has 2 aliphatic rings. The van der Waals surface area contributed by atoms with Gasteiger partial charge in [0.25, 0.3) is 0 Å². The highest BCUT2D eigenvalue weighted by Gasteiger charge is 2.37. The van der Waals surface area contributed by atoms with Gasteiger partial charge in [0.1, 0.15) is 11.2 Å². The normalized spacial score (nSPS) is 14.2. The van der Waals surface area contributed by atoms with Crippen LogP contribution in [0.5, 0.6) is 0 Å². The molecule has 11 aromatic rings. The first-order valence-electron chi connectivity index (χ1n) is 22.2. The Kier molecular flexibility index (Phi) is 7.87. The van der Waals surface area contributed by atoms with E-state index in [1.54, 1.807) is 0 Å². The van der Waals surface area contributed by atoms with E-state index in [1.165, 1.54) is 64.7 Å². The first-order chi connectivity index (χ1) is 31.2. The Balaban J connectivity index is 1.04. The molecule has 64 heavy (non-hydrogen) atoms. The van der Waals surface area contributed by atoms with Crippen LogP contribution in [0.15, 0.2) is 199 Å². The van der Waals surface area contributed by atoms with Gasteiger partial charge in [-0.2, -0.15) is 0 Å². The van der Waals surface area contributed by atoms with E-state index in [1.807, 2.05) is 11.3 Å². The van der Waals surface area contributed by atoms with Gasteiger partial charge in [-0.15, -0.1) is 11.3 Å². The first kappa shape index (κ1) is 37.2. The maximum atomic E-state index is 6.54.